The SMILES string of the molecule is Nc1ccccc1NC(=O)CCCCCCC(=O)c1ccc(N2CCC2)cc1. The van der Waals surface area contributed by atoms with E-state index in [-0.39, 0.29) is 11.7 Å². The van der Waals surface area contributed by atoms with Crippen LogP contribution in [0, 0.1) is 0 Å². The van der Waals surface area contributed by atoms with E-state index in [1.54, 1.807) is 12.1 Å². The predicted molar refractivity (Wildman–Crippen MR) is 115 cm³/mol. The molecule has 1 heterocycles. The second-order valence-corrected chi connectivity index (χ2v) is 7.36. The minimum atomic E-state index is -0.0173. The van der Waals surface area contributed by atoms with E-state index < -0.39 is 0 Å². The van der Waals surface area contributed by atoms with Gasteiger partial charge >= 0.3 is 0 Å². The Labute approximate surface area is 166 Å². The van der Waals surface area contributed by atoms with E-state index in [1.807, 2.05) is 36.4 Å². The number of unbranched alkanes of at least 4 members (excludes halogenated alkanes) is 3. The summed E-state index contributed by atoms with van der Waals surface area (Å²) < 4.78 is 0. The van der Waals surface area contributed by atoms with Crippen molar-refractivity contribution < 1.29 is 9.59 Å². The minimum Gasteiger partial charge on any atom is -0.397 e. The smallest absolute Gasteiger partial charge is 0.224 e. The van der Waals surface area contributed by atoms with Crippen LogP contribution in [0.1, 0.15) is 55.3 Å². The third-order valence-electron chi connectivity index (χ3n) is 5.20. The number of nitrogens with one attached hydrogen (secondary N) is 1. The number of benzene rings is 2. The second-order valence-electron chi connectivity index (χ2n) is 7.36. The Morgan fingerprint density at radius 1 is 0.893 bits per heavy atom. The number of carbonyl (C=O) groups is 2. The van der Waals surface area contributed by atoms with Gasteiger partial charge in [0.05, 0.1) is 11.4 Å². The van der Waals surface area contributed by atoms with Crippen LogP contribution in [-0.4, -0.2) is 24.8 Å². The Morgan fingerprint density at radius 2 is 1.57 bits per heavy atom. The van der Waals surface area contributed by atoms with Crippen LogP contribution in [0.5, 0.6) is 0 Å². The average molecular weight is 380 g/mol. The lowest BCUT2D eigenvalue weighted by Gasteiger charge is -2.33. The Morgan fingerprint density at radius 3 is 2.21 bits per heavy atom. The highest BCUT2D eigenvalue weighted by Crippen LogP contribution is 2.21. The van der Waals surface area contributed by atoms with Crippen LogP contribution in [0.15, 0.2) is 48.5 Å². The number of Topliss-reactive ketones (excluding diaryl/α,β-unsaturated/α-hetero) is 1. The van der Waals surface area contributed by atoms with E-state index in [4.69, 9.17) is 5.73 Å². The van der Waals surface area contributed by atoms with Crippen molar-refractivity contribution in [1.82, 2.24) is 0 Å². The Bertz CT molecular complexity index is 798. The van der Waals surface area contributed by atoms with Gasteiger partial charge in [0.25, 0.3) is 0 Å². The van der Waals surface area contributed by atoms with Crippen LogP contribution in [-0.2, 0) is 4.79 Å². The molecule has 1 fully saturated rings. The molecule has 0 saturated carbocycles. The summed E-state index contributed by atoms with van der Waals surface area (Å²) in [5, 5.41) is 2.84. The zero-order valence-corrected chi connectivity index (χ0v) is 16.3. The summed E-state index contributed by atoms with van der Waals surface area (Å²) in [4.78, 5) is 26.6. The fourth-order valence-electron chi connectivity index (χ4n) is 3.33. The highest BCUT2D eigenvalue weighted by atomic mass is 16.1. The van der Waals surface area contributed by atoms with Gasteiger partial charge in [0, 0.05) is 37.2 Å². The van der Waals surface area contributed by atoms with Gasteiger partial charge in [-0.3, -0.25) is 9.59 Å². The summed E-state index contributed by atoms with van der Waals surface area (Å²) in [6.07, 6.45) is 5.87. The number of para-hydroxylation sites is 2. The summed E-state index contributed by atoms with van der Waals surface area (Å²) in [6, 6.07) is 15.2. The normalized spacial score (nSPS) is 13.1. The van der Waals surface area contributed by atoms with Crippen LogP contribution < -0.4 is 16.0 Å². The number of nitrogens with zero attached hydrogens (tertiary/aromatic N) is 1. The first-order chi connectivity index (χ1) is 13.6. The number of carbonyl (C=O) groups excluding carboxylic acids is 2. The van der Waals surface area contributed by atoms with E-state index in [9.17, 15) is 9.59 Å². The zero-order valence-electron chi connectivity index (χ0n) is 16.3. The van der Waals surface area contributed by atoms with E-state index in [0.29, 0.717) is 24.2 Å². The zero-order chi connectivity index (χ0) is 19.8. The van der Waals surface area contributed by atoms with Crippen LogP contribution in [0.2, 0.25) is 0 Å². The lowest BCUT2D eigenvalue weighted by Crippen LogP contribution is -2.36. The van der Waals surface area contributed by atoms with Crippen LogP contribution in [0.3, 0.4) is 0 Å². The highest BCUT2D eigenvalue weighted by molar-refractivity contribution is 5.96. The fraction of sp³-hybridized carbons (Fsp3) is 0.391. The maximum Gasteiger partial charge on any atom is 0.224 e. The van der Waals surface area contributed by atoms with Crippen molar-refractivity contribution in [2.45, 2.75) is 44.9 Å². The van der Waals surface area contributed by atoms with Crippen LogP contribution >= 0.6 is 0 Å². The van der Waals surface area contributed by atoms with Gasteiger partial charge in [0.15, 0.2) is 5.78 Å². The molecule has 0 spiro atoms. The largest absolute Gasteiger partial charge is 0.397 e. The van der Waals surface area contributed by atoms with E-state index >= 15 is 0 Å². The number of nitrogen functional groups attached to an aromatic ring is 1. The van der Waals surface area contributed by atoms with Gasteiger partial charge in [0.1, 0.15) is 0 Å². The molecule has 1 amide bonds. The van der Waals surface area contributed by atoms with Crippen molar-refractivity contribution >= 4 is 28.8 Å². The molecule has 0 radical (unpaired) electrons. The summed E-state index contributed by atoms with van der Waals surface area (Å²) in [6.45, 7) is 2.23. The third-order valence-corrected chi connectivity index (χ3v) is 5.20. The molecule has 3 rings (SSSR count). The molecule has 148 valence electrons. The molecule has 1 aliphatic rings. The summed E-state index contributed by atoms with van der Waals surface area (Å²) in [5.41, 5.74) is 9.07. The third kappa shape index (κ3) is 5.59. The molecule has 0 aromatic heterocycles. The second kappa shape index (κ2) is 9.93. The first-order valence-corrected chi connectivity index (χ1v) is 10.2. The van der Waals surface area contributed by atoms with Gasteiger partial charge in [-0.15, -0.1) is 0 Å². The molecule has 2 aromatic rings. The lowest BCUT2D eigenvalue weighted by molar-refractivity contribution is -0.116. The van der Waals surface area contributed by atoms with E-state index in [0.717, 1.165) is 44.3 Å². The minimum absolute atomic E-state index is 0.0173. The molecule has 0 atom stereocenters. The number of rotatable bonds is 10. The van der Waals surface area contributed by atoms with Gasteiger partial charge in [-0.05, 0) is 55.7 Å². The molecule has 0 aliphatic carbocycles. The Balaban J connectivity index is 1.28. The molecule has 1 saturated heterocycles. The molecule has 5 heteroatoms. The number of amides is 1. The molecule has 0 unspecified atom stereocenters. The van der Waals surface area contributed by atoms with Gasteiger partial charge < -0.3 is 16.0 Å². The standard InChI is InChI=1S/C23H29N3O2/c24-20-8-5-6-9-21(20)25-23(28)11-4-2-1-3-10-22(27)18-12-14-19(15-13-18)26-16-7-17-26/h5-6,8-9,12-15H,1-4,7,10-11,16-17,24H2,(H,25,28). The Kier molecular flexibility index (Phi) is 7.06. The number of hydrogen-bond acceptors (Lipinski definition) is 4. The topological polar surface area (TPSA) is 75.4 Å². The van der Waals surface area contributed by atoms with Gasteiger partial charge in [0.2, 0.25) is 5.91 Å². The van der Waals surface area contributed by atoms with Crippen LogP contribution in [0.25, 0.3) is 0 Å². The van der Waals surface area contributed by atoms with E-state index in [2.05, 4.69) is 10.2 Å². The lowest BCUT2D eigenvalue weighted by atomic mass is 10.0. The maximum absolute atomic E-state index is 12.3. The molecule has 2 aromatic carbocycles. The molecule has 3 N–H and O–H groups in total. The number of hydrogen-bond donors (Lipinski definition) is 2. The first kappa shape index (κ1) is 19.9. The summed E-state index contributed by atoms with van der Waals surface area (Å²) in [7, 11) is 0. The van der Waals surface area contributed by atoms with Crippen molar-refractivity contribution in [2.24, 2.45) is 0 Å². The number of anilines is 3. The van der Waals surface area contributed by atoms with Gasteiger partial charge in [-0.25, -0.2) is 0 Å². The van der Waals surface area contributed by atoms with Crippen molar-refractivity contribution in [3.05, 3.63) is 54.1 Å². The fourth-order valence-corrected chi connectivity index (χ4v) is 3.33. The van der Waals surface area contributed by atoms with Crippen molar-refractivity contribution in [3.63, 3.8) is 0 Å². The maximum atomic E-state index is 12.3. The summed E-state index contributed by atoms with van der Waals surface area (Å²) >= 11 is 0. The number of ketones is 1. The molecular weight excluding hydrogens is 350 g/mol. The van der Waals surface area contributed by atoms with E-state index in [1.165, 1.54) is 12.1 Å². The van der Waals surface area contributed by atoms with Gasteiger partial charge in [-0.1, -0.05) is 25.0 Å². The first-order valence-electron chi connectivity index (χ1n) is 10.2. The summed E-state index contributed by atoms with van der Waals surface area (Å²) in [5.74, 6) is 0.184. The van der Waals surface area contributed by atoms with Crippen molar-refractivity contribution in [1.29, 1.82) is 0 Å². The number of nitrogens with two attached hydrogens (primary N) is 1. The van der Waals surface area contributed by atoms with Crippen molar-refractivity contribution in [2.75, 3.05) is 29.0 Å². The highest BCUT2D eigenvalue weighted by Gasteiger charge is 2.14. The quantitative estimate of drug-likeness (QED) is 0.358. The predicted octanol–water partition coefficient (Wildman–Crippen LogP) is 4.64. The molecular formula is C23H29N3O2. The monoisotopic (exact) mass is 379 g/mol. The van der Waals surface area contributed by atoms with Gasteiger partial charge in [-0.2, -0.15) is 0 Å². The average Bonchev–Trinajstić information content (AvgIpc) is 2.65. The molecule has 1 aliphatic heterocycles. The van der Waals surface area contributed by atoms with Crippen LogP contribution in [0.4, 0.5) is 17.1 Å². The molecule has 28 heavy (non-hydrogen) atoms. The van der Waals surface area contributed by atoms with Crippen molar-refractivity contribution in [3.8, 4) is 0 Å². The molecule has 0 bridgehead atoms. The Hall–Kier alpha value is -2.82. The molecule has 5 nitrogen and oxygen atoms in total.